The van der Waals surface area contributed by atoms with Gasteiger partial charge in [-0.05, 0) is 31.6 Å². The molecule has 0 aromatic rings. The van der Waals surface area contributed by atoms with Gasteiger partial charge < -0.3 is 20.8 Å². The van der Waals surface area contributed by atoms with Crippen LogP contribution in [0, 0.1) is 5.92 Å². The lowest BCUT2D eigenvalue weighted by Gasteiger charge is -2.24. The second-order valence-corrected chi connectivity index (χ2v) is 5.94. The summed E-state index contributed by atoms with van der Waals surface area (Å²) in [5.74, 6) is -2.10. The molecule has 0 radical (unpaired) electrons. The van der Waals surface area contributed by atoms with Gasteiger partial charge in [0.2, 0.25) is 5.91 Å². The fourth-order valence-electron chi connectivity index (χ4n) is 3.32. The predicted octanol–water partition coefficient (Wildman–Crippen LogP) is 0.341. The Bertz CT molecular complexity index is 412. The second-order valence-electron chi connectivity index (χ2n) is 5.94. The predicted molar refractivity (Wildman–Crippen MR) is 73.7 cm³/mol. The third-order valence-corrected chi connectivity index (χ3v) is 4.44. The summed E-state index contributed by atoms with van der Waals surface area (Å²) in [4.78, 5) is 33.8. The Balaban J connectivity index is 1.87. The van der Waals surface area contributed by atoms with Gasteiger partial charge in [-0.1, -0.05) is 12.8 Å². The average Bonchev–Trinajstić information content (AvgIpc) is 2.86. The number of aliphatic carboxylic acids is 2. The van der Waals surface area contributed by atoms with Crippen molar-refractivity contribution in [3.8, 4) is 0 Å². The molecule has 4 N–H and O–H groups in total. The SMILES string of the molecule is O=C(O)CCC(NC(=O)C1CC2CCCCC2N1)C(=O)O. The zero-order valence-electron chi connectivity index (χ0n) is 11.9. The van der Waals surface area contributed by atoms with E-state index in [9.17, 15) is 14.4 Å². The molecular formula is C14H22N2O5. The van der Waals surface area contributed by atoms with Gasteiger partial charge in [-0.3, -0.25) is 9.59 Å². The van der Waals surface area contributed by atoms with E-state index in [1.165, 1.54) is 12.8 Å². The first-order valence-electron chi connectivity index (χ1n) is 7.48. The molecule has 1 heterocycles. The van der Waals surface area contributed by atoms with Gasteiger partial charge in [-0.15, -0.1) is 0 Å². The Morgan fingerprint density at radius 3 is 2.52 bits per heavy atom. The summed E-state index contributed by atoms with van der Waals surface area (Å²) in [6, 6.07) is -1.14. The van der Waals surface area contributed by atoms with Gasteiger partial charge in [0.15, 0.2) is 0 Å². The number of amides is 1. The first-order chi connectivity index (χ1) is 9.97. The topological polar surface area (TPSA) is 116 Å². The molecule has 0 bridgehead atoms. The van der Waals surface area contributed by atoms with Gasteiger partial charge in [-0.2, -0.15) is 0 Å². The number of fused-ring (bicyclic) bond motifs is 1. The third kappa shape index (κ3) is 4.17. The van der Waals surface area contributed by atoms with Gasteiger partial charge in [0.1, 0.15) is 6.04 Å². The number of carbonyl (C=O) groups is 3. The highest BCUT2D eigenvalue weighted by molar-refractivity contribution is 5.87. The molecule has 2 rings (SSSR count). The molecule has 21 heavy (non-hydrogen) atoms. The monoisotopic (exact) mass is 298 g/mol. The van der Waals surface area contributed by atoms with E-state index in [0.717, 1.165) is 19.3 Å². The summed E-state index contributed by atoms with van der Waals surface area (Å²) in [5.41, 5.74) is 0. The molecule has 1 saturated carbocycles. The van der Waals surface area contributed by atoms with Gasteiger partial charge in [0.05, 0.1) is 6.04 Å². The molecule has 1 aliphatic heterocycles. The number of carboxylic acid groups (broad SMARTS) is 2. The molecule has 1 saturated heterocycles. The number of hydrogen-bond donors (Lipinski definition) is 4. The Morgan fingerprint density at radius 2 is 1.90 bits per heavy atom. The summed E-state index contributed by atoms with van der Waals surface area (Å²) in [6.07, 6.45) is 4.89. The van der Waals surface area contributed by atoms with Crippen LogP contribution in [0.3, 0.4) is 0 Å². The molecule has 118 valence electrons. The quantitative estimate of drug-likeness (QED) is 0.562. The minimum atomic E-state index is -1.19. The number of carboxylic acids is 2. The molecule has 7 nitrogen and oxygen atoms in total. The van der Waals surface area contributed by atoms with Crippen LogP contribution >= 0.6 is 0 Å². The number of rotatable bonds is 6. The molecule has 7 heteroatoms. The fourth-order valence-corrected chi connectivity index (χ4v) is 3.32. The maximum Gasteiger partial charge on any atom is 0.326 e. The van der Waals surface area contributed by atoms with Crippen molar-refractivity contribution in [2.24, 2.45) is 5.92 Å². The normalized spacial score (nSPS) is 29.4. The van der Waals surface area contributed by atoms with Crippen LogP contribution in [-0.4, -0.2) is 46.2 Å². The van der Waals surface area contributed by atoms with Crippen molar-refractivity contribution >= 4 is 17.8 Å². The van der Waals surface area contributed by atoms with E-state index < -0.39 is 18.0 Å². The Kier molecular flexibility index (Phi) is 5.17. The van der Waals surface area contributed by atoms with Crippen LogP contribution in [0.15, 0.2) is 0 Å². The molecule has 1 aliphatic carbocycles. The maximum atomic E-state index is 12.2. The van der Waals surface area contributed by atoms with E-state index in [1.807, 2.05) is 0 Å². The third-order valence-electron chi connectivity index (χ3n) is 4.44. The standard InChI is InChI=1S/C14H22N2O5/c17-12(18)6-5-10(14(20)21)16-13(19)11-7-8-3-1-2-4-9(8)15-11/h8-11,15H,1-7H2,(H,16,19)(H,17,18)(H,20,21). The molecule has 0 aromatic carbocycles. The second kappa shape index (κ2) is 6.89. The summed E-state index contributed by atoms with van der Waals surface area (Å²) in [6.45, 7) is 0. The summed E-state index contributed by atoms with van der Waals surface area (Å²) < 4.78 is 0. The minimum Gasteiger partial charge on any atom is -0.481 e. The fraction of sp³-hybridized carbons (Fsp3) is 0.786. The number of hydrogen-bond acceptors (Lipinski definition) is 4. The van der Waals surface area contributed by atoms with E-state index in [4.69, 9.17) is 10.2 Å². The smallest absolute Gasteiger partial charge is 0.326 e. The highest BCUT2D eigenvalue weighted by Crippen LogP contribution is 2.33. The number of carbonyl (C=O) groups excluding carboxylic acids is 1. The first kappa shape index (κ1) is 15.8. The summed E-state index contributed by atoms with van der Waals surface area (Å²) in [5, 5.41) is 23.4. The number of nitrogens with one attached hydrogen (secondary N) is 2. The van der Waals surface area contributed by atoms with Crippen molar-refractivity contribution in [1.29, 1.82) is 0 Å². The van der Waals surface area contributed by atoms with Crippen LogP contribution in [0.4, 0.5) is 0 Å². The van der Waals surface area contributed by atoms with Crippen LogP contribution in [0.5, 0.6) is 0 Å². The lowest BCUT2D eigenvalue weighted by atomic mass is 9.85. The maximum absolute atomic E-state index is 12.2. The van der Waals surface area contributed by atoms with Crippen LogP contribution in [0.2, 0.25) is 0 Å². The molecule has 2 aliphatic rings. The van der Waals surface area contributed by atoms with Crippen molar-refractivity contribution in [1.82, 2.24) is 10.6 Å². The zero-order valence-corrected chi connectivity index (χ0v) is 11.9. The molecule has 4 atom stereocenters. The van der Waals surface area contributed by atoms with E-state index >= 15 is 0 Å². The molecule has 0 aromatic heterocycles. The van der Waals surface area contributed by atoms with Crippen LogP contribution in [-0.2, 0) is 14.4 Å². The molecule has 2 fully saturated rings. The highest BCUT2D eigenvalue weighted by Gasteiger charge is 2.39. The molecule has 0 spiro atoms. The van der Waals surface area contributed by atoms with Crippen LogP contribution in [0.25, 0.3) is 0 Å². The van der Waals surface area contributed by atoms with E-state index in [0.29, 0.717) is 12.0 Å². The minimum absolute atomic E-state index is 0.101. The lowest BCUT2D eigenvalue weighted by molar-refractivity contribution is -0.143. The van der Waals surface area contributed by atoms with Crippen molar-refractivity contribution in [2.45, 2.75) is 63.1 Å². The Labute approximate surface area is 123 Å². The van der Waals surface area contributed by atoms with Gasteiger partial charge >= 0.3 is 11.9 Å². The van der Waals surface area contributed by atoms with E-state index in [-0.39, 0.29) is 24.8 Å². The van der Waals surface area contributed by atoms with Crippen molar-refractivity contribution < 1.29 is 24.6 Å². The zero-order chi connectivity index (χ0) is 15.4. The molecular weight excluding hydrogens is 276 g/mol. The van der Waals surface area contributed by atoms with Crippen LogP contribution in [0.1, 0.15) is 44.9 Å². The van der Waals surface area contributed by atoms with E-state index in [2.05, 4.69) is 10.6 Å². The first-order valence-corrected chi connectivity index (χ1v) is 7.48. The average molecular weight is 298 g/mol. The largest absolute Gasteiger partial charge is 0.481 e. The summed E-state index contributed by atoms with van der Waals surface area (Å²) >= 11 is 0. The molecule has 1 amide bonds. The highest BCUT2D eigenvalue weighted by atomic mass is 16.4. The van der Waals surface area contributed by atoms with Gasteiger partial charge in [0, 0.05) is 12.5 Å². The van der Waals surface area contributed by atoms with Crippen LogP contribution < -0.4 is 10.6 Å². The molecule has 4 unspecified atom stereocenters. The Hall–Kier alpha value is -1.63. The van der Waals surface area contributed by atoms with Gasteiger partial charge in [0.25, 0.3) is 0 Å². The summed E-state index contributed by atoms with van der Waals surface area (Å²) in [7, 11) is 0. The van der Waals surface area contributed by atoms with Crippen molar-refractivity contribution in [3.05, 3.63) is 0 Å². The Morgan fingerprint density at radius 1 is 1.19 bits per heavy atom. The van der Waals surface area contributed by atoms with Crippen molar-refractivity contribution in [2.75, 3.05) is 0 Å². The van der Waals surface area contributed by atoms with Crippen molar-refractivity contribution in [3.63, 3.8) is 0 Å². The van der Waals surface area contributed by atoms with Gasteiger partial charge in [-0.25, -0.2) is 4.79 Å². The lowest BCUT2D eigenvalue weighted by Crippen LogP contribution is -2.49. The van der Waals surface area contributed by atoms with E-state index in [1.54, 1.807) is 0 Å².